The zero-order chi connectivity index (χ0) is 24.0. The Hall–Kier alpha value is -3.18. The molecular formula is C27H29N3O3S. The van der Waals surface area contributed by atoms with E-state index < -0.39 is 10.0 Å². The van der Waals surface area contributed by atoms with Crippen LogP contribution in [-0.4, -0.2) is 45.6 Å². The number of sulfonamides is 1. The van der Waals surface area contributed by atoms with Gasteiger partial charge in [0, 0.05) is 19.1 Å². The third kappa shape index (κ3) is 6.23. The smallest absolute Gasteiger partial charge is 0.240 e. The molecule has 0 saturated carbocycles. The van der Waals surface area contributed by atoms with Gasteiger partial charge in [0.2, 0.25) is 10.0 Å². The van der Waals surface area contributed by atoms with E-state index >= 15 is 0 Å². The van der Waals surface area contributed by atoms with Crippen molar-refractivity contribution in [1.82, 2.24) is 9.62 Å². The zero-order valence-corrected chi connectivity index (χ0v) is 20.1. The highest BCUT2D eigenvalue weighted by molar-refractivity contribution is 7.89. The summed E-state index contributed by atoms with van der Waals surface area (Å²) < 4.78 is 34.0. The molecule has 1 atom stereocenters. The largest absolute Gasteiger partial charge is 0.494 e. The number of nitrogens with zero attached hydrogens (tertiary/aromatic N) is 2. The SMILES string of the molecule is Cc1cccc(S(=O)(=O)NC2CCN(CCCOc3ccc(-c4ccc(C#N)cc4)cc3)C2)c1. The second-order valence-electron chi connectivity index (χ2n) is 8.64. The lowest BCUT2D eigenvalue weighted by molar-refractivity contribution is 0.261. The van der Waals surface area contributed by atoms with E-state index in [0.29, 0.717) is 23.6 Å². The van der Waals surface area contributed by atoms with Gasteiger partial charge in [0.1, 0.15) is 5.75 Å². The van der Waals surface area contributed by atoms with E-state index in [1.54, 1.807) is 18.2 Å². The molecule has 0 amide bonds. The first kappa shape index (κ1) is 24.0. The standard InChI is InChI=1S/C27H29N3O3S/c1-21-4-2-5-27(18-21)34(31,32)29-25-14-16-30(20-25)15-3-17-33-26-12-10-24(11-13-26)23-8-6-22(19-28)7-9-23/h2,4-13,18,25,29H,3,14-17,20H2,1H3. The predicted octanol–water partition coefficient (Wildman–Crippen LogP) is 4.36. The minimum absolute atomic E-state index is 0.0683. The van der Waals surface area contributed by atoms with Gasteiger partial charge in [-0.2, -0.15) is 5.26 Å². The number of benzene rings is 3. The molecule has 3 aromatic carbocycles. The Morgan fingerprint density at radius 3 is 2.44 bits per heavy atom. The van der Waals surface area contributed by atoms with Crippen molar-refractivity contribution in [1.29, 1.82) is 5.26 Å². The van der Waals surface area contributed by atoms with E-state index in [0.717, 1.165) is 48.4 Å². The van der Waals surface area contributed by atoms with Crippen molar-refractivity contribution in [3.05, 3.63) is 83.9 Å². The summed E-state index contributed by atoms with van der Waals surface area (Å²) in [5.41, 5.74) is 3.72. The first-order chi connectivity index (χ1) is 16.4. The molecule has 7 heteroatoms. The molecule has 4 rings (SSSR count). The Bertz CT molecular complexity index is 1250. The summed E-state index contributed by atoms with van der Waals surface area (Å²) in [5.74, 6) is 0.822. The molecule has 0 aromatic heterocycles. The number of nitrogens with one attached hydrogen (secondary N) is 1. The van der Waals surface area contributed by atoms with Crippen molar-refractivity contribution in [2.45, 2.75) is 30.7 Å². The van der Waals surface area contributed by atoms with Gasteiger partial charge >= 0.3 is 0 Å². The average Bonchev–Trinajstić information content (AvgIpc) is 3.29. The third-order valence-corrected chi connectivity index (χ3v) is 7.50. The summed E-state index contributed by atoms with van der Waals surface area (Å²) in [5, 5.41) is 8.92. The molecule has 34 heavy (non-hydrogen) atoms. The zero-order valence-electron chi connectivity index (χ0n) is 19.3. The summed E-state index contributed by atoms with van der Waals surface area (Å²) in [4.78, 5) is 2.60. The first-order valence-electron chi connectivity index (χ1n) is 11.5. The number of rotatable bonds is 9. The normalized spacial score (nSPS) is 16.3. The van der Waals surface area contributed by atoms with Crippen LogP contribution in [0.15, 0.2) is 77.7 Å². The molecule has 1 saturated heterocycles. The van der Waals surface area contributed by atoms with E-state index in [2.05, 4.69) is 15.7 Å². The van der Waals surface area contributed by atoms with Crippen molar-refractivity contribution in [3.63, 3.8) is 0 Å². The lowest BCUT2D eigenvalue weighted by atomic mass is 10.0. The van der Waals surface area contributed by atoms with Crippen molar-refractivity contribution >= 4 is 10.0 Å². The Morgan fingerprint density at radius 2 is 1.76 bits per heavy atom. The molecule has 0 bridgehead atoms. The molecule has 0 radical (unpaired) electrons. The van der Waals surface area contributed by atoms with Gasteiger partial charge in [-0.3, -0.25) is 0 Å². The fourth-order valence-electron chi connectivity index (χ4n) is 4.16. The van der Waals surface area contributed by atoms with Gasteiger partial charge in [0.15, 0.2) is 0 Å². The van der Waals surface area contributed by atoms with Crippen molar-refractivity contribution in [2.24, 2.45) is 0 Å². The molecule has 1 unspecified atom stereocenters. The molecular weight excluding hydrogens is 446 g/mol. The van der Waals surface area contributed by atoms with Crippen LogP contribution in [0.3, 0.4) is 0 Å². The highest BCUT2D eigenvalue weighted by Crippen LogP contribution is 2.23. The second-order valence-corrected chi connectivity index (χ2v) is 10.4. The summed E-state index contributed by atoms with van der Waals surface area (Å²) in [7, 11) is -3.49. The number of aryl methyl sites for hydroxylation is 1. The van der Waals surface area contributed by atoms with Crippen LogP contribution in [0, 0.1) is 18.3 Å². The van der Waals surface area contributed by atoms with Crippen LogP contribution in [0.5, 0.6) is 5.75 Å². The van der Waals surface area contributed by atoms with Crippen molar-refractivity contribution in [2.75, 3.05) is 26.2 Å². The Kier molecular flexibility index (Phi) is 7.63. The molecule has 1 aliphatic heterocycles. The van der Waals surface area contributed by atoms with Crippen LogP contribution in [0.2, 0.25) is 0 Å². The van der Waals surface area contributed by atoms with E-state index in [4.69, 9.17) is 10.00 Å². The molecule has 1 fully saturated rings. The van der Waals surface area contributed by atoms with Crippen LogP contribution in [0.4, 0.5) is 0 Å². The Morgan fingerprint density at radius 1 is 1.06 bits per heavy atom. The molecule has 176 valence electrons. The van der Waals surface area contributed by atoms with Crippen LogP contribution in [0.25, 0.3) is 11.1 Å². The molecule has 0 spiro atoms. The number of hydrogen-bond acceptors (Lipinski definition) is 5. The minimum Gasteiger partial charge on any atom is -0.494 e. The first-order valence-corrected chi connectivity index (χ1v) is 13.0. The van der Waals surface area contributed by atoms with Gasteiger partial charge < -0.3 is 9.64 Å². The van der Waals surface area contributed by atoms with Crippen LogP contribution in [0.1, 0.15) is 24.0 Å². The quantitative estimate of drug-likeness (QED) is 0.465. The van der Waals surface area contributed by atoms with Crippen molar-refractivity contribution in [3.8, 4) is 22.9 Å². The monoisotopic (exact) mass is 475 g/mol. The summed E-state index contributed by atoms with van der Waals surface area (Å²) in [6.45, 7) is 4.95. The molecule has 6 nitrogen and oxygen atoms in total. The highest BCUT2D eigenvalue weighted by Gasteiger charge is 2.27. The van der Waals surface area contributed by atoms with Gasteiger partial charge in [-0.05, 0) is 79.4 Å². The molecule has 1 aliphatic rings. The second kappa shape index (κ2) is 10.8. The van der Waals surface area contributed by atoms with Crippen LogP contribution in [-0.2, 0) is 10.0 Å². The number of ether oxygens (including phenoxy) is 1. The minimum atomic E-state index is -3.49. The van der Waals surface area contributed by atoms with Crippen LogP contribution >= 0.6 is 0 Å². The van der Waals surface area contributed by atoms with E-state index in [1.165, 1.54) is 0 Å². The average molecular weight is 476 g/mol. The maximum absolute atomic E-state index is 12.6. The van der Waals surface area contributed by atoms with E-state index in [1.807, 2.05) is 61.5 Å². The molecule has 1 heterocycles. The van der Waals surface area contributed by atoms with Gasteiger partial charge in [-0.1, -0.05) is 36.4 Å². The molecule has 3 aromatic rings. The lowest BCUT2D eigenvalue weighted by Crippen LogP contribution is -2.37. The molecule has 1 N–H and O–H groups in total. The van der Waals surface area contributed by atoms with Crippen LogP contribution < -0.4 is 9.46 Å². The summed E-state index contributed by atoms with van der Waals surface area (Å²) >= 11 is 0. The number of likely N-dealkylation sites (tertiary alicyclic amines) is 1. The Balaban J connectivity index is 1.19. The maximum atomic E-state index is 12.6. The predicted molar refractivity (Wildman–Crippen MR) is 133 cm³/mol. The number of nitriles is 1. The van der Waals surface area contributed by atoms with Gasteiger partial charge in [0.25, 0.3) is 0 Å². The van der Waals surface area contributed by atoms with Gasteiger partial charge in [-0.15, -0.1) is 0 Å². The maximum Gasteiger partial charge on any atom is 0.240 e. The fraction of sp³-hybridized carbons (Fsp3) is 0.296. The number of hydrogen-bond donors (Lipinski definition) is 1. The topological polar surface area (TPSA) is 82.4 Å². The van der Waals surface area contributed by atoms with Gasteiger partial charge in [0.05, 0.1) is 23.1 Å². The van der Waals surface area contributed by atoms with Gasteiger partial charge in [-0.25, -0.2) is 13.1 Å². The summed E-state index contributed by atoms with van der Waals surface area (Å²) in [6, 6.07) is 24.5. The summed E-state index contributed by atoms with van der Waals surface area (Å²) in [6.07, 6.45) is 1.68. The Labute approximate surface area is 201 Å². The van der Waals surface area contributed by atoms with E-state index in [-0.39, 0.29) is 6.04 Å². The van der Waals surface area contributed by atoms with E-state index in [9.17, 15) is 8.42 Å². The molecule has 0 aliphatic carbocycles. The fourth-order valence-corrected chi connectivity index (χ4v) is 5.53. The highest BCUT2D eigenvalue weighted by atomic mass is 32.2. The third-order valence-electron chi connectivity index (χ3n) is 5.98. The van der Waals surface area contributed by atoms with Crippen molar-refractivity contribution < 1.29 is 13.2 Å². The lowest BCUT2D eigenvalue weighted by Gasteiger charge is -2.17.